The first-order chi connectivity index (χ1) is 13.0. The Balaban J connectivity index is 1.74. The predicted octanol–water partition coefficient (Wildman–Crippen LogP) is 4.40. The van der Waals surface area contributed by atoms with Crippen molar-refractivity contribution in [2.75, 3.05) is 17.3 Å². The number of allylic oxidation sites excluding steroid dienone is 2. The molecule has 1 N–H and O–H groups in total. The number of hydrogen-bond donors (Lipinski definition) is 1. The first-order valence-electron chi connectivity index (χ1n) is 9.01. The summed E-state index contributed by atoms with van der Waals surface area (Å²) in [5, 5.41) is 14.7. The van der Waals surface area contributed by atoms with E-state index in [0.29, 0.717) is 0 Å². The summed E-state index contributed by atoms with van der Waals surface area (Å²) in [5.74, 6) is 0.509. The van der Waals surface area contributed by atoms with Crippen molar-refractivity contribution in [1.82, 2.24) is 0 Å². The molecule has 1 amide bonds. The minimum Gasteiger partial charge on any atom is -0.378 e. The summed E-state index contributed by atoms with van der Waals surface area (Å²) >= 11 is 0. The Labute approximate surface area is 157 Å². The molecule has 3 atom stereocenters. The quantitative estimate of drug-likeness (QED) is 0.498. The van der Waals surface area contributed by atoms with Gasteiger partial charge in [-0.05, 0) is 41.7 Å². The van der Waals surface area contributed by atoms with E-state index in [4.69, 9.17) is 0 Å². The van der Waals surface area contributed by atoms with Crippen LogP contribution in [0, 0.1) is 16.0 Å². The standard InChI is InChI=1S/C21H21N3O3/c1-13(25)23(2)15-9-10-20-19(12-15)17-7-4-8-18(17)21(22-20)14-5-3-6-16(11-14)24(26)27/h3-7,9-12,17-18,21-22H,8H2,1-2H3. The van der Waals surface area contributed by atoms with Gasteiger partial charge in [0.2, 0.25) is 5.91 Å². The molecule has 6 heteroatoms. The van der Waals surface area contributed by atoms with Gasteiger partial charge in [0.25, 0.3) is 5.69 Å². The minimum atomic E-state index is -0.353. The zero-order chi connectivity index (χ0) is 19.1. The van der Waals surface area contributed by atoms with Crippen LogP contribution in [-0.4, -0.2) is 17.9 Å². The van der Waals surface area contributed by atoms with Gasteiger partial charge in [-0.25, -0.2) is 0 Å². The van der Waals surface area contributed by atoms with Gasteiger partial charge in [-0.15, -0.1) is 0 Å². The fourth-order valence-corrected chi connectivity index (χ4v) is 4.13. The SMILES string of the molecule is CC(=O)N(C)c1ccc2c(c1)C1C=CCC1C(c1cccc([N+](=O)[O-])c1)N2. The van der Waals surface area contributed by atoms with Crippen molar-refractivity contribution < 1.29 is 9.72 Å². The molecule has 0 saturated heterocycles. The number of nitrogens with one attached hydrogen (secondary N) is 1. The Morgan fingerprint density at radius 1 is 1.26 bits per heavy atom. The Morgan fingerprint density at radius 2 is 2.07 bits per heavy atom. The molecule has 0 radical (unpaired) electrons. The lowest BCUT2D eigenvalue weighted by atomic mass is 9.77. The molecule has 2 aromatic carbocycles. The van der Waals surface area contributed by atoms with E-state index in [0.717, 1.165) is 23.4 Å². The van der Waals surface area contributed by atoms with Gasteiger partial charge in [0.05, 0.1) is 11.0 Å². The normalized spacial score (nSPS) is 22.5. The van der Waals surface area contributed by atoms with E-state index in [1.165, 1.54) is 11.6 Å². The highest BCUT2D eigenvalue weighted by atomic mass is 16.6. The van der Waals surface area contributed by atoms with Crippen molar-refractivity contribution in [1.29, 1.82) is 0 Å². The highest BCUT2D eigenvalue weighted by Gasteiger charge is 2.38. The molecule has 4 rings (SSSR count). The molecule has 1 aliphatic carbocycles. The van der Waals surface area contributed by atoms with Crippen LogP contribution >= 0.6 is 0 Å². The Bertz CT molecular complexity index is 953. The third-order valence-corrected chi connectivity index (χ3v) is 5.65. The van der Waals surface area contributed by atoms with Crippen LogP contribution in [0.1, 0.15) is 36.4 Å². The van der Waals surface area contributed by atoms with E-state index in [1.807, 2.05) is 18.2 Å². The second-order valence-electron chi connectivity index (χ2n) is 7.18. The molecule has 0 aromatic heterocycles. The number of benzene rings is 2. The van der Waals surface area contributed by atoms with Crippen molar-refractivity contribution in [3.05, 3.63) is 75.9 Å². The molecule has 2 aliphatic rings. The predicted molar refractivity (Wildman–Crippen MR) is 105 cm³/mol. The average molecular weight is 363 g/mol. The lowest BCUT2D eigenvalue weighted by Gasteiger charge is -2.38. The molecular formula is C21H21N3O3. The summed E-state index contributed by atoms with van der Waals surface area (Å²) in [4.78, 5) is 24.2. The van der Waals surface area contributed by atoms with E-state index in [2.05, 4.69) is 23.5 Å². The van der Waals surface area contributed by atoms with Crippen LogP contribution in [0.4, 0.5) is 17.1 Å². The van der Waals surface area contributed by atoms with Crippen molar-refractivity contribution in [3.8, 4) is 0 Å². The fraction of sp³-hybridized carbons (Fsp3) is 0.286. The van der Waals surface area contributed by atoms with Gasteiger partial charge in [-0.1, -0.05) is 24.3 Å². The van der Waals surface area contributed by atoms with E-state index in [-0.39, 0.29) is 34.4 Å². The van der Waals surface area contributed by atoms with Gasteiger partial charge in [-0.3, -0.25) is 14.9 Å². The number of nitro benzene ring substituents is 1. The molecule has 1 aliphatic heterocycles. The van der Waals surface area contributed by atoms with E-state index >= 15 is 0 Å². The van der Waals surface area contributed by atoms with Crippen LogP contribution in [0.15, 0.2) is 54.6 Å². The zero-order valence-corrected chi connectivity index (χ0v) is 15.3. The monoisotopic (exact) mass is 363 g/mol. The van der Waals surface area contributed by atoms with Crippen LogP contribution in [0.3, 0.4) is 0 Å². The maximum atomic E-state index is 11.7. The summed E-state index contributed by atoms with van der Waals surface area (Å²) in [6.07, 6.45) is 5.31. The number of anilines is 2. The number of carbonyl (C=O) groups excluding carboxylic acids is 1. The molecule has 0 bridgehead atoms. The number of fused-ring (bicyclic) bond motifs is 3. The van der Waals surface area contributed by atoms with Crippen LogP contribution in [0.2, 0.25) is 0 Å². The van der Waals surface area contributed by atoms with Crippen molar-refractivity contribution in [2.24, 2.45) is 5.92 Å². The van der Waals surface area contributed by atoms with Gasteiger partial charge in [0.15, 0.2) is 0 Å². The first-order valence-corrected chi connectivity index (χ1v) is 9.01. The third-order valence-electron chi connectivity index (χ3n) is 5.65. The van der Waals surface area contributed by atoms with Crippen LogP contribution in [0.5, 0.6) is 0 Å². The number of carbonyl (C=O) groups is 1. The Hall–Kier alpha value is -3.15. The first kappa shape index (κ1) is 17.3. The number of rotatable bonds is 3. The topological polar surface area (TPSA) is 75.5 Å². The van der Waals surface area contributed by atoms with Crippen molar-refractivity contribution in [3.63, 3.8) is 0 Å². The molecule has 0 spiro atoms. The maximum absolute atomic E-state index is 11.7. The molecule has 0 fully saturated rings. The number of nitro groups is 1. The lowest BCUT2D eigenvalue weighted by molar-refractivity contribution is -0.384. The summed E-state index contributed by atoms with van der Waals surface area (Å²) in [6, 6.07) is 12.9. The zero-order valence-electron chi connectivity index (χ0n) is 15.3. The maximum Gasteiger partial charge on any atom is 0.269 e. The number of non-ortho nitro benzene ring substituents is 1. The smallest absolute Gasteiger partial charge is 0.269 e. The van der Waals surface area contributed by atoms with Crippen LogP contribution < -0.4 is 10.2 Å². The second-order valence-corrected chi connectivity index (χ2v) is 7.18. The van der Waals surface area contributed by atoms with Gasteiger partial charge < -0.3 is 10.2 Å². The molecule has 138 valence electrons. The molecule has 2 aromatic rings. The lowest BCUT2D eigenvalue weighted by Crippen LogP contribution is -2.30. The largest absolute Gasteiger partial charge is 0.378 e. The van der Waals surface area contributed by atoms with Gasteiger partial charge in [0.1, 0.15) is 0 Å². The highest BCUT2D eigenvalue weighted by molar-refractivity contribution is 5.91. The highest BCUT2D eigenvalue weighted by Crippen LogP contribution is 2.50. The van der Waals surface area contributed by atoms with Gasteiger partial charge in [0, 0.05) is 43.4 Å². The molecule has 6 nitrogen and oxygen atoms in total. The molecule has 27 heavy (non-hydrogen) atoms. The Morgan fingerprint density at radius 3 is 2.81 bits per heavy atom. The van der Waals surface area contributed by atoms with Crippen molar-refractivity contribution in [2.45, 2.75) is 25.3 Å². The van der Waals surface area contributed by atoms with Crippen LogP contribution in [-0.2, 0) is 4.79 Å². The molecule has 0 saturated carbocycles. The number of amides is 1. The van der Waals surface area contributed by atoms with Gasteiger partial charge >= 0.3 is 0 Å². The van der Waals surface area contributed by atoms with E-state index in [9.17, 15) is 14.9 Å². The number of nitrogens with zero attached hydrogens (tertiary/aromatic N) is 2. The molecule has 3 unspecified atom stereocenters. The van der Waals surface area contributed by atoms with Gasteiger partial charge in [-0.2, -0.15) is 0 Å². The summed E-state index contributed by atoms with van der Waals surface area (Å²) in [7, 11) is 1.77. The molecule has 1 heterocycles. The van der Waals surface area contributed by atoms with Crippen LogP contribution in [0.25, 0.3) is 0 Å². The van der Waals surface area contributed by atoms with E-state index in [1.54, 1.807) is 31.0 Å². The fourth-order valence-electron chi connectivity index (χ4n) is 4.13. The molecular weight excluding hydrogens is 342 g/mol. The summed E-state index contributed by atoms with van der Waals surface area (Å²) < 4.78 is 0. The third kappa shape index (κ3) is 2.97. The van der Waals surface area contributed by atoms with Crippen molar-refractivity contribution >= 4 is 23.0 Å². The van der Waals surface area contributed by atoms with E-state index < -0.39 is 0 Å². The minimum absolute atomic E-state index is 0.00768. The number of hydrogen-bond acceptors (Lipinski definition) is 4. The average Bonchev–Trinajstić information content (AvgIpc) is 3.16. The summed E-state index contributed by atoms with van der Waals surface area (Å²) in [5.41, 5.74) is 4.09. The second kappa shape index (κ2) is 6.54. The Kier molecular flexibility index (Phi) is 4.18. The summed E-state index contributed by atoms with van der Waals surface area (Å²) in [6.45, 7) is 1.55.